The number of H-pyrrole nitrogens is 1. The number of nitrogens with zero attached hydrogens (tertiary/aromatic N) is 1. The number of aromatic hydroxyl groups is 1. The number of hydrogen-bond acceptors (Lipinski definition) is 6. The maximum atomic E-state index is 13.6. The number of methoxy groups -OCH3 is 2. The summed E-state index contributed by atoms with van der Waals surface area (Å²) in [5, 5.41) is 11.5. The van der Waals surface area contributed by atoms with Crippen LogP contribution in [0, 0.1) is 5.82 Å². The molecule has 2 aromatic carbocycles. The molecular weight excluding hydrogens is 463 g/mol. The number of aliphatic imine (C=N–C) groups is 1. The van der Waals surface area contributed by atoms with Crippen LogP contribution in [0.2, 0.25) is 0 Å². The second-order valence-corrected chi connectivity index (χ2v) is 8.15. The predicted octanol–water partition coefficient (Wildman–Crippen LogP) is 5.40. The molecule has 1 aromatic heterocycles. The van der Waals surface area contributed by atoms with Gasteiger partial charge in [0.2, 0.25) is 5.90 Å². The van der Waals surface area contributed by atoms with E-state index >= 15 is 0 Å². The third-order valence-electron chi connectivity index (χ3n) is 5.67. The van der Waals surface area contributed by atoms with Gasteiger partial charge in [0.15, 0.2) is 0 Å². The van der Waals surface area contributed by atoms with E-state index in [1.807, 2.05) is 6.92 Å². The number of aromatic nitrogens is 1. The number of aromatic amines is 1. The average Bonchev–Trinajstić information content (AvgIpc) is 2.86. The van der Waals surface area contributed by atoms with Gasteiger partial charge in [0, 0.05) is 19.2 Å². The second-order valence-electron chi connectivity index (χ2n) is 8.15. The van der Waals surface area contributed by atoms with E-state index in [-0.39, 0.29) is 35.2 Å². The number of benzene rings is 2. The Hall–Kier alpha value is -4.07. The molecule has 0 saturated carbocycles. The van der Waals surface area contributed by atoms with Crippen LogP contribution in [0.5, 0.6) is 17.2 Å². The van der Waals surface area contributed by atoms with Crippen molar-refractivity contribution in [3.05, 3.63) is 87.8 Å². The van der Waals surface area contributed by atoms with Crippen molar-refractivity contribution < 1.29 is 23.7 Å². The lowest BCUT2D eigenvalue weighted by Gasteiger charge is -2.20. The van der Waals surface area contributed by atoms with Crippen LogP contribution in [-0.4, -0.2) is 37.3 Å². The fraction of sp³-hybridized carbons (Fsp3) is 0.286. The number of unbranched alkanes of at least 4 members (excludes halogenated alkanes) is 1. The van der Waals surface area contributed by atoms with Crippen LogP contribution in [-0.2, 0) is 17.6 Å². The van der Waals surface area contributed by atoms with Gasteiger partial charge in [0.1, 0.15) is 34.4 Å². The Kier molecular flexibility index (Phi) is 8.89. The molecule has 190 valence electrons. The second kappa shape index (κ2) is 12.1. The third-order valence-corrected chi connectivity index (χ3v) is 5.67. The summed E-state index contributed by atoms with van der Waals surface area (Å²) < 4.78 is 30.5. The van der Waals surface area contributed by atoms with Crippen molar-refractivity contribution in [2.75, 3.05) is 21.3 Å². The van der Waals surface area contributed by atoms with Crippen molar-refractivity contribution >= 4 is 5.90 Å². The van der Waals surface area contributed by atoms with Gasteiger partial charge in [-0.25, -0.2) is 4.39 Å². The van der Waals surface area contributed by atoms with E-state index in [2.05, 4.69) is 16.6 Å². The Labute approximate surface area is 209 Å². The summed E-state index contributed by atoms with van der Waals surface area (Å²) in [6, 6.07) is 11.3. The molecule has 2 N–H and O–H groups in total. The normalized spacial score (nSPS) is 11.3. The molecule has 3 rings (SSSR count). The van der Waals surface area contributed by atoms with Gasteiger partial charge in [0.25, 0.3) is 5.56 Å². The first-order chi connectivity index (χ1) is 17.3. The molecule has 36 heavy (non-hydrogen) atoms. The molecule has 0 aliphatic rings. The van der Waals surface area contributed by atoms with Crippen molar-refractivity contribution in [2.45, 2.75) is 32.6 Å². The molecule has 0 fully saturated rings. The number of allylic oxidation sites excluding steroid dienone is 1. The minimum Gasteiger partial charge on any atom is -0.506 e. The quantitative estimate of drug-likeness (QED) is 0.224. The maximum Gasteiger partial charge on any atom is 0.264 e. The number of rotatable bonds is 10. The zero-order valence-corrected chi connectivity index (χ0v) is 21.0. The van der Waals surface area contributed by atoms with Crippen molar-refractivity contribution in [2.24, 2.45) is 4.99 Å². The van der Waals surface area contributed by atoms with E-state index in [9.17, 15) is 14.3 Å². The van der Waals surface area contributed by atoms with Crippen LogP contribution in [0.3, 0.4) is 0 Å². The molecule has 8 heteroatoms. The molecule has 0 spiro atoms. The smallest absolute Gasteiger partial charge is 0.264 e. The fourth-order valence-electron chi connectivity index (χ4n) is 4.00. The van der Waals surface area contributed by atoms with Gasteiger partial charge in [-0.1, -0.05) is 38.1 Å². The average molecular weight is 495 g/mol. The summed E-state index contributed by atoms with van der Waals surface area (Å²) in [7, 11) is 4.48. The van der Waals surface area contributed by atoms with Crippen LogP contribution in [0.15, 0.2) is 64.6 Å². The van der Waals surface area contributed by atoms with Gasteiger partial charge in [0.05, 0.1) is 25.3 Å². The summed E-state index contributed by atoms with van der Waals surface area (Å²) in [4.78, 5) is 20.2. The van der Waals surface area contributed by atoms with Crippen LogP contribution in [0.4, 0.5) is 4.39 Å². The fourth-order valence-corrected chi connectivity index (χ4v) is 4.00. The molecule has 0 aliphatic carbocycles. The predicted molar refractivity (Wildman–Crippen MR) is 139 cm³/mol. The lowest BCUT2D eigenvalue weighted by Crippen LogP contribution is -2.23. The molecule has 0 saturated heterocycles. The topological polar surface area (TPSA) is 93.1 Å². The van der Waals surface area contributed by atoms with E-state index in [0.717, 1.165) is 12.8 Å². The third kappa shape index (κ3) is 5.76. The molecule has 1 heterocycles. The summed E-state index contributed by atoms with van der Waals surface area (Å²) in [5.41, 5.74) is 1.34. The number of aryl methyl sites for hydroxylation is 1. The highest BCUT2D eigenvalue weighted by atomic mass is 19.1. The first kappa shape index (κ1) is 26.5. The van der Waals surface area contributed by atoms with Gasteiger partial charge in [-0.05, 0) is 42.7 Å². The lowest BCUT2D eigenvalue weighted by atomic mass is 9.95. The minimum absolute atomic E-state index is 0.118. The lowest BCUT2D eigenvalue weighted by molar-refractivity contribution is 0.394. The van der Waals surface area contributed by atoms with Crippen LogP contribution < -0.4 is 15.0 Å². The Morgan fingerprint density at radius 1 is 1.11 bits per heavy atom. The number of nitrogens with one attached hydrogen (secondary N) is 1. The van der Waals surface area contributed by atoms with Crippen molar-refractivity contribution in [3.8, 4) is 28.4 Å². The van der Waals surface area contributed by atoms with Crippen molar-refractivity contribution in [3.63, 3.8) is 0 Å². The van der Waals surface area contributed by atoms with Gasteiger partial charge in [-0.3, -0.25) is 9.79 Å². The Morgan fingerprint density at radius 3 is 2.36 bits per heavy atom. The van der Waals surface area contributed by atoms with Crippen molar-refractivity contribution in [1.29, 1.82) is 0 Å². The minimum atomic E-state index is -0.560. The molecule has 0 aliphatic heterocycles. The summed E-state index contributed by atoms with van der Waals surface area (Å²) in [5.74, 6) is 0.348. The number of pyridine rings is 1. The SMILES string of the molecule is C=C(Cc1cccc(F)c1)OC(=NC)c1c(O)c(-c2c(OC)cccc2OC)c(CCCC)[nH]c1=O. The Balaban J connectivity index is 2.13. The summed E-state index contributed by atoms with van der Waals surface area (Å²) in [6.45, 7) is 5.92. The van der Waals surface area contributed by atoms with E-state index in [4.69, 9.17) is 14.2 Å². The number of halogens is 1. The monoisotopic (exact) mass is 494 g/mol. The Morgan fingerprint density at radius 2 is 1.78 bits per heavy atom. The van der Waals surface area contributed by atoms with E-state index in [0.29, 0.717) is 40.3 Å². The number of hydrogen-bond donors (Lipinski definition) is 2. The molecule has 3 aromatic rings. The molecule has 0 unspecified atom stereocenters. The van der Waals surface area contributed by atoms with Gasteiger partial charge >= 0.3 is 0 Å². The molecule has 0 bridgehead atoms. The van der Waals surface area contributed by atoms with Crippen LogP contribution in [0.25, 0.3) is 11.1 Å². The van der Waals surface area contributed by atoms with Crippen LogP contribution in [0.1, 0.15) is 36.6 Å². The van der Waals surface area contributed by atoms with Gasteiger partial charge in [-0.2, -0.15) is 0 Å². The number of ether oxygens (including phenoxy) is 3. The zero-order chi connectivity index (χ0) is 26.2. The largest absolute Gasteiger partial charge is 0.506 e. The zero-order valence-electron chi connectivity index (χ0n) is 21.0. The standard InChI is InChI=1S/C28H31FN2O5/c1-6-7-12-20-23(24-21(34-4)13-9-14-22(24)35-5)26(32)25(27(33)31-20)28(30-3)36-17(2)15-18-10-8-11-19(29)16-18/h8-11,13-14,16H,2,6-7,12,15H2,1,3-5H3,(H2,31,32,33). The molecule has 7 nitrogen and oxygen atoms in total. The molecule has 0 amide bonds. The Bertz CT molecular complexity index is 1310. The summed E-state index contributed by atoms with van der Waals surface area (Å²) >= 11 is 0. The first-order valence-electron chi connectivity index (χ1n) is 11.6. The van der Waals surface area contributed by atoms with Crippen LogP contribution >= 0.6 is 0 Å². The van der Waals surface area contributed by atoms with E-state index in [1.54, 1.807) is 30.3 Å². The summed E-state index contributed by atoms with van der Waals surface area (Å²) in [6.07, 6.45) is 2.38. The van der Waals surface area contributed by atoms with E-state index in [1.165, 1.54) is 33.4 Å². The van der Waals surface area contributed by atoms with E-state index < -0.39 is 5.56 Å². The molecule has 0 radical (unpaired) electrons. The maximum absolute atomic E-state index is 13.6. The highest BCUT2D eigenvalue weighted by Gasteiger charge is 2.27. The van der Waals surface area contributed by atoms with Crippen molar-refractivity contribution in [1.82, 2.24) is 4.98 Å². The van der Waals surface area contributed by atoms with Gasteiger partial charge in [-0.15, -0.1) is 0 Å². The van der Waals surface area contributed by atoms with Gasteiger partial charge < -0.3 is 24.3 Å². The highest BCUT2D eigenvalue weighted by Crippen LogP contribution is 2.44. The first-order valence-corrected chi connectivity index (χ1v) is 11.6. The molecule has 0 atom stereocenters. The highest BCUT2D eigenvalue weighted by molar-refractivity contribution is 6.00. The molecular formula is C28H31FN2O5.